The van der Waals surface area contributed by atoms with Gasteiger partial charge < -0.3 is 34.2 Å². The quantitative estimate of drug-likeness (QED) is 0.196. The van der Waals surface area contributed by atoms with Crippen LogP contribution in [0.1, 0.15) is 50.9 Å². The minimum atomic E-state index is -1.21. The van der Waals surface area contributed by atoms with Gasteiger partial charge in [0, 0.05) is 4.91 Å². The number of rotatable bonds is 11. The number of imide groups is 2. The molecule has 260 valence electrons. The van der Waals surface area contributed by atoms with Crippen molar-refractivity contribution in [1.29, 1.82) is 0 Å². The van der Waals surface area contributed by atoms with Crippen LogP contribution in [0.15, 0.2) is 41.5 Å². The van der Waals surface area contributed by atoms with E-state index in [-0.39, 0.29) is 31.1 Å². The Morgan fingerprint density at radius 2 is 1.19 bits per heavy atom. The Hall–Kier alpha value is -5.21. The van der Waals surface area contributed by atoms with Gasteiger partial charge in [-0.2, -0.15) is 0 Å². The number of methoxy groups -OCH3 is 4. The van der Waals surface area contributed by atoms with E-state index in [9.17, 15) is 19.2 Å². The first-order valence-electron chi connectivity index (χ1n) is 15.1. The normalized spacial score (nSPS) is 18.2. The predicted octanol–water partition coefficient (Wildman–Crippen LogP) is 4.77. The van der Waals surface area contributed by atoms with Gasteiger partial charge in [0.25, 0.3) is 5.91 Å². The van der Waals surface area contributed by atoms with Crippen LogP contribution in [0, 0.1) is 11.8 Å². The van der Waals surface area contributed by atoms with E-state index in [1.54, 1.807) is 36.4 Å². The maximum atomic E-state index is 12.9. The summed E-state index contributed by atoms with van der Waals surface area (Å²) in [5.74, 6) is 0.837. The zero-order valence-electron chi connectivity index (χ0n) is 28.2. The summed E-state index contributed by atoms with van der Waals surface area (Å²) in [4.78, 5) is 54.3. The number of amides is 4. The summed E-state index contributed by atoms with van der Waals surface area (Å²) >= 11 is 0. The van der Waals surface area contributed by atoms with Crippen LogP contribution in [0.5, 0.6) is 23.0 Å². The van der Waals surface area contributed by atoms with Crippen LogP contribution in [-0.2, 0) is 19.1 Å². The third-order valence-electron chi connectivity index (χ3n) is 7.98. The molecule has 2 aromatic carbocycles. The fourth-order valence-electron chi connectivity index (χ4n) is 5.16. The Bertz CT molecular complexity index is 1540. The number of nitrogens with zero attached hydrogens (tertiary/aromatic N) is 5. The lowest BCUT2D eigenvalue weighted by Gasteiger charge is -2.25. The van der Waals surface area contributed by atoms with Gasteiger partial charge in [-0.1, -0.05) is 44.9 Å². The molecule has 16 heteroatoms. The fraction of sp³-hybridized carbons (Fsp3) is 0.500. The van der Waals surface area contributed by atoms with Crippen molar-refractivity contribution in [2.75, 3.05) is 41.7 Å². The molecule has 0 unspecified atom stereocenters. The molecule has 4 amide bonds. The fourth-order valence-corrected chi connectivity index (χ4v) is 5.16. The zero-order chi connectivity index (χ0) is 35.7. The number of benzene rings is 2. The van der Waals surface area contributed by atoms with Gasteiger partial charge >= 0.3 is 12.2 Å². The standard InChI is InChI=1S/C16H20N4O5.C16H22N2O5/c1-9(2)11-8-25-16(22)20(11)15(21)14(18-19-17)10-5-6-12(23-3)13(7-10)24-4;1-9(2)11-8-23-16(20)18(11)15(19)14(17)10-5-6-12(21-3)13(7-10)22-4/h5-7,9,11,14H,8H2,1-4H3;5-7,9,11,14H,8,17H2,1-4H3/t2*11-,14+/m11/s1. The van der Waals surface area contributed by atoms with E-state index in [4.69, 9.17) is 39.7 Å². The third kappa shape index (κ3) is 8.01. The van der Waals surface area contributed by atoms with E-state index in [2.05, 4.69) is 10.0 Å². The molecule has 0 aromatic heterocycles. The molecule has 2 aliphatic rings. The Morgan fingerprint density at radius 1 is 0.771 bits per heavy atom. The first-order valence-corrected chi connectivity index (χ1v) is 15.1. The van der Waals surface area contributed by atoms with Crippen LogP contribution < -0.4 is 24.7 Å². The molecule has 4 rings (SSSR count). The van der Waals surface area contributed by atoms with Crippen molar-refractivity contribution >= 4 is 24.0 Å². The van der Waals surface area contributed by atoms with Crippen LogP contribution in [0.25, 0.3) is 10.4 Å². The van der Waals surface area contributed by atoms with Gasteiger partial charge in [-0.3, -0.25) is 9.59 Å². The molecule has 2 N–H and O–H groups in total. The minimum absolute atomic E-state index is 0.00696. The minimum Gasteiger partial charge on any atom is -0.493 e. The van der Waals surface area contributed by atoms with Crippen LogP contribution in [0.4, 0.5) is 9.59 Å². The molecule has 0 radical (unpaired) electrons. The molecule has 2 aliphatic heterocycles. The molecular formula is C32H42N6O10. The van der Waals surface area contributed by atoms with Gasteiger partial charge in [-0.15, -0.1) is 0 Å². The molecule has 2 fully saturated rings. The maximum absolute atomic E-state index is 12.9. The first kappa shape index (κ1) is 37.2. The van der Waals surface area contributed by atoms with Crippen molar-refractivity contribution in [3.8, 4) is 23.0 Å². The Balaban J connectivity index is 0.000000261. The molecule has 0 bridgehead atoms. The molecular weight excluding hydrogens is 628 g/mol. The molecule has 2 saturated heterocycles. The first-order chi connectivity index (χ1) is 22.8. The van der Waals surface area contributed by atoms with E-state index in [0.717, 1.165) is 9.80 Å². The third-order valence-corrected chi connectivity index (χ3v) is 7.98. The highest BCUT2D eigenvalue weighted by Crippen LogP contribution is 2.34. The number of cyclic esters (lactones) is 2. The zero-order valence-corrected chi connectivity index (χ0v) is 28.2. The van der Waals surface area contributed by atoms with E-state index in [1.807, 2.05) is 27.7 Å². The summed E-state index contributed by atoms with van der Waals surface area (Å²) in [6.07, 6.45) is -1.38. The molecule has 0 spiro atoms. The van der Waals surface area contributed by atoms with Gasteiger partial charge in [-0.25, -0.2) is 19.4 Å². The van der Waals surface area contributed by atoms with Crippen molar-refractivity contribution < 1.29 is 47.6 Å². The Kier molecular flexibility index (Phi) is 12.9. The van der Waals surface area contributed by atoms with Crippen molar-refractivity contribution in [1.82, 2.24) is 9.80 Å². The number of nitrogens with two attached hydrogens (primary N) is 1. The van der Waals surface area contributed by atoms with Gasteiger partial charge in [-0.05, 0) is 52.8 Å². The molecule has 16 nitrogen and oxygen atoms in total. The van der Waals surface area contributed by atoms with Crippen LogP contribution in [0.3, 0.4) is 0 Å². The van der Waals surface area contributed by atoms with Crippen molar-refractivity contribution in [2.24, 2.45) is 22.7 Å². The topological polar surface area (TPSA) is 205 Å². The maximum Gasteiger partial charge on any atom is 0.417 e. The lowest BCUT2D eigenvalue weighted by atomic mass is 10.0. The highest BCUT2D eigenvalue weighted by atomic mass is 16.6. The monoisotopic (exact) mass is 670 g/mol. The summed E-state index contributed by atoms with van der Waals surface area (Å²) in [5, 5.41) is 3.58. The SMILES string of the molecule is COc1ccc([C@H](N)C(=O)N2C(=O)OC[C@@H]2C(C)C)cc1OC.COc1ccc([C@H](N=[N+]=[N-])C(=O)N2C(=O)OC[C@@H]2C(C)C)cc1OC. The molecule has 2 heterocycles. The van der Waals surface area contributed by atoms with Crippen molar-refractivity contribution in [3.05, 3.63) is 58.0 Å². The lowest BCUT2D eigenvalue weighted by molar-refractivity contribution is -0.132. The number of carbonyl (C=O) groups excluding carboxylic acids is 4. The lowest BCUT2D eigenvalue weighted by Crippen LogP contribution is -2.46. The summed E-state index contributed by atoms with van der Waals surface area (Å²) in [6.45, 7) is 7.93. The van der Waals surface area contributed by atoms with E-state index >= 15 is 0 Å². The second kappa shape index (κ2) is 16.6. The van der Waals surface area contributed by atoms with Gasteiger partial charge in [0.15, 0.2) is 23.0 Å². The number of azide groups is 1. The molecule has 0 aliphatic carbocycles. The number of hydrogen-bond donors (Lipinski definition) is 1. The van der Waals surface area contributed by atoms with Crippen LogP contribution >= 0.6 is 0 Å². The predicted molar refractivity (Wildman–Crippen MR) is 172 cm³/mol. The Labute approximate surface area is 278 Å². The Morgan fingerprint density at radius 3 is 1.60 bits per heavy atom. The van der Waals surface area contributed by atoms with Gasteiger partial charge in [0.2, 0.25) is 5.91 Å². The number of carbonyl (C=O) groups is 4. The van der Waals surface area contributed by atoms with Gasteiger partial charge in [0.05, 0.1) is 40.5 Å². The van der Waals surface area contributed by atoms with Crippen LogP contribution in [0.2, 0.25) is 0 Å². The average Bonchev–Trinajstić information content (AvgIpc) is 3.68. The van der Waals surface area contributed by atoms with Crippen molar-refractivity contribution in [2.45, 2.75) is 51.9 Å². The highest BCUT2D eigenvalue weighted by Gasteiger charge is 2.43. The summed E-state index contributed by atoms with van der Waals surface area (Å²) in [7, 11) is 5.97. The number of ether oxygens (including phenoxy) is 6. The largest absolute Gasteiger partial charge is 0.493 e. The van der Waals surface area contributed by atoms with Crippen molar-refractivity contribution in [3.63, 3.8) is 0 Å². The molecule has 2 aromatic rings. The summed E-state index contributed by atoms with van der Waals surface area (Å²) in [5.41, 5.74) is 15.9. The highest BCUT2D eigenvalue weighted by molar-refractivity contribution is 5.97. The smallest absolute Gasteiger partial charge is 0.417 e. The van der Waals surface area contributed by atoms with E-state index in [0.29, 0.717) is 34.1 Å². The average molecular weight is 671 g/mol. The number of hydrogen-bond acceptors (Lipinski definition) is 12. The van der Waals surface area contributed by atoms with E-state index in [1.165, 1.54) is 28.4 Å². The summed E-state index contributed by atoms with van der Waals surface area (Å²) < 4.78 is 30.7. The molecule has 4 atom stereocenters. The molecule has 48 heavy (non-hydrogen) atoms. The second-order valence-corrected chi connectivity index (χ2v) is 11.5. The van der Waals surface area contributed by atoms with Crippen LogP contribution in [-0.4, -0.2) is 87.5 Å². The second-order valence-electron chi connectivity index (χ2n) is 11.5. The van der Waals surface area contributed by atoms with Gasteiger partial charge in [0.1, 0.15) is 25.3 Å². The van der Waals surface area contributed by atoms with E-state index < -0.39 is 42.1 Å². The molecule has 0 saturated carbocycles. The summed E-state index contributed by atoms with van der Waals surface area (Å²) in [6, 6.07) is 6.80.